The van der Waals surface area contributed by atoms with Crippen molar-refractivity contribution in [3.8, 4) is 5.75 Å². The molecular weight excluding hydrogens is 272 g/mol. The van der Waals surface area contributed by atoms with E-state index in [-0.39, 0.29) is 11.9 Å². The van der Waals surface area contributed by atoms with E-state index in [1.165, 1.54) is 12.1 Å². The van der Waals surface area contributed by atoms with Crippen LogP contribution in [0.1, 0.15) is 18.1 Å². The highest BCUT2D eigenvalue weighted by atomic mass is 19.1. The van der Waals surface area contributed by atoms with E-state index in [0.717, 1.165) is 17.4 Å². The van der Waals surface area contributed by atoms with E-state index in [1.807, 2.05) is 31.2 Å². The lowest BCUT2D eigenvalue weighted by Crippen LogP contribution is -2.30. The maximum Gasteiger partial charge on any atom is 0.127 e. The number of fused-ring (bicyclic) bond motifs is 1. The Bertz CT molecular complexity index is 644. The quantitative estimate of drug-likeness (QED) is 0.835. The Kier molecular flexibility index (Phi) is 3.88. The minimum absolute atomic E-state index is 0.00488. The van der Waals surface area contributed by atoms with Gasteiger partial charge < -0.3 is 4.74 Å². The number of halogens is 2. The van der Waals surface area contributed by atoms with Gasteiger partial charge >= 0.3 is 0 Å². The third kappa shape index (κ3) is 3.22. The summed E-state index contributed by atoms with van der Waals surface area (Å²) in [5.74, 6) is 0.0839. The first-order chi connectivity index (χ1) is 10.1. The Morgan fingerprint density at radius 1 is 1.19 bits per heavy atom. The second kappa shape index (κ2) is 5.82. The van der Waals surface area contributed by atoms with Crippen LogP contribution in [0.4, 0.5) is 8.78 Å². The minimum atomic E-state index is -0.411. The summed E-state index contributed by atoms with van der Waals surface area (Å²) >= 11 is 0. The van der Waals surface area contributed by atoms with Gasteiger partial charge in [0.05, 0.1) is 0 Å². The maximum atomic E-state index is 13.8. The Hall–Kier alpha value is -1.94. The molecule has 0 saturated carbocycles. The molecule has 21 heavy (non-hydrogen) atoms. The monoisotopic (exact) mass is 289 g/mol. The van der Waals surface area contributed by atoms with Crippen LogP contribution in [-0.4, -0.2) is 17.5 Å². The van der Waals surface area contributed by atoms with Crippen molar-refractivity contribution in [2.45, 2.75) is 26.1 Å². The third-order valence-electron chi connectivity index (χ3n) is 3.61. The van der Waals surface area contributed by atoms with E-state index < -0.39 is 5.82 Å². The van der Waals surface area contributed by atoms with Gasteiger partial charge in [-0.15, -0.1) is 0 Å². The molecule has 4 heteroatoms. The molecule has 0 amide bonds. The number of rotatable bonds is 2. The zero-order chi connectivity index (χ0) is 14.8. The molecule has 1 heterocycles. The van der Waals surface area contributed by atoms with Crippen LogP contribution in [0.15, 0.2) is 42.5 Å². The van der Waals surface area contributed by atoms with Crippen molar-refractivity contribution in [1.29, 1.82) is 0 Å². The molecule has 0 unspecified atom stereocenters. The maximum absolute atomic E-state index is 13.8. The summed E-state index contributed by atoms with van der Waals surface area (Å²) in [6.07, 6.45) is 0.00488. The van der Waals surface area contributed by atoms with Crippen LogP contribution in [0.2, 0.25) is 0 Å². The molecule has 0 aliphatic carbocycles. The van der Waals surface area contributed by atoms with E-state index in [2.05, 4.69) is 4.90 Å². The number of nitrogens with zero attached hydrogens (tertiary/aromatic N) is 1. The van der Waals surface area contributed by atoms with Gasteiger partial charge in [-0.2, -0.15) is 0 Å². The normalized spacial score (nSPS) is 18.7. The smallest absolute Gasteiger partial charge is 0.127 e. The average Bonchev–Trinajstić information content (AvgIpc) is 2.60. The Labute approximate surface area is 123 Å². The van der Waals surface area contributed by atoms with Crippen LogP contribution in [-0.2, 0) is 13.1 Å². The lowest BCUT2D eigenvalue weighted by molar-refractivity contribution is 0.155. The molecule has 0 bridgehead atoms. The Balaban J connectivity index is 1.84. The molecule has 110 valence electrons. The van der Waals surface area contributed by atoms with Gasteiger partial charge in [-0.05, 0) is 31.2 Å². The van der Waals surface area contributed by atoms with E-state index in [4.69, 9.17) is 4.74 Å². The number of benzene rings is 2. The number of hydrogen-bond acceptors (Lipinski definition) is 2. The van der Waals surface area contributed by atoms with Gasteiger partial charge in [0.1, 0.15) is 23.5 Å². The van der Waals surface area contributed by atoms with E-state index in [0.29, 0.717) is 25.2 Å². The highest BCUT2D eigenvalue weighted by Gasteiger charge is 2.20. The van der Waals surface area contributed by atoms with Crippen molar-refractivity contribution < 1.29 is 13.5 Å². The third-order valence-corrected chi connectivity index (χ3v) is 3.61. The molecule has 3 rings (SSSR count). The molecule has 2 aromatic carbocycles. The topological polar surface area (TPSA) is 12.5 Å². The highest BCUT2D eigenvalue weighted by Crippen LogP contribution is 2.26. The van der Waals surface area contributed by atoms with Gasteiger partial charge in [0.2, 0.25) is 0 Å². The first kappa shape index (κ1) is 14.0. The molecule has 2 nitrogen and oxygen atoms in total. The van der Waals surface area contributed by atoms with Crippen LogP contribution in [0.25, 0.3) is 0 Å². The van der Waals surface area contributed by atoms with Crippen LogP contribution < -0.4 is 4.74 Å². The zero-order valence-corrected chi connectivity index (χ0v) is 11.9. The SMILES string of the molecule is C[C@H]1CN(Cc2cc(F)ccc2F)Cc2ccccc2O1. The van der Waals surface area contributed by atoms with E-state index >= 15 is 0 Å². The summed E-state index contributed by atoms with van der Waals surface area (Å²) in [7, 11) is 0. The molecule has 2 aromatic rings. The lowest BCUT2D eigenvalue weighted by Gasteiger charge is -2.22. The summed E-state index contributed by atoms with van der Waals surface area (Å²) in [5.41, 5.74) is 1.44. The standard InChI is InChI=1S/C17H17F2NO/c1-12-9-20(10-13-4-2-3-5-17(13)21-12)11-14-8-15(18)6-7-16(14)19/h2-8,12H,9-11H2,1H3/t12-/m0/s1. The van der Waals surface area contributed by atoms with Crippen molar-refractivity contribution in [2.75, 3.05) is 6.54 Å². The van der Waals surface area contributed by atoms with Crippen molar-refractivity contribution >= 4 is 0 Å². The number of ether oxygens (including phenoxy) is 1. The fraction of sp³-hybridized carbons (Fsp3) is 0.294. The second-order valence-corrected chi connectivity index (χ2v) is 5.44. The van der Waals surface area contributed by atoms with Gasteiger partial charge in [-0.1, -0.05) is 18.2 Å². The van der Waals surface area contributed by atoms with Crippen LogP contribution in [0, 0.1) is 11.6 Å². The molecule has 1 aliphatic rings. The Morgan fingerprint density at radius 2 is 2.00 bits per heavy atom. The largest absolute Gasteiger partial charge is 0.489 e. The summed E-state index contributed by atoms with van der Waals surface area (Å²) < 4.78 is 33.0. The fourth-order valence-electron chi connectivity index (χ4n) is 2.70. The Morgan fingerprint density at radius 3 is 2.86 bits per heavy atom. The number of hydrogen-bond donors (Lipinski definition) is 0. The molecule has 1 aliphatic heterocycles. The molecule has 1 atom stereocenters. The van der Waals surface area contributed by atoms with Gasteiger partial charge in [0.25, 0.3) is 0 Å². The molecule has 0 spiro atoms. The molecule has 0 aromatic heterocycles. The van der Waals surface area contributed by atoms with Crippen molar-refractivity contribution in [1.82, 2.24) is 4.90 Å². The van der Waals surface area contributed by atoms with Crippen LogP contribution >= 0.6 is 0 Å². The van der Waals surface area contributed by atoms with Gasteiger partial charge in [-0.3, -0.25) is 4.90 Å². The highest BCUT2D eigenvalue weighted by molar-refractivity contribution is 5.34. The zero-order valence-electron chi connectivity index (χ0n) is 11.9. The fourth-order valence-corrected chi connectivity index (χ4v) is 2.70. The molecule has 0 N–H and O–H groups in total. The average molecular weight is 289 g/mol. The lowest BCUT2D eigenvalue weighted by atomic mass is 10.1. The molecule has 0 saturated heterocycles. The predicted molar refractivity (Wildman–Crippen MR) is 77.0 cm³/mol. The summed E-state index contributed by atoms with van der Waals surface area (Å²) in [5, 5.41) is 0. The minimum Gasteiger partial charge on any atom is -0.489 e. The summed E-state index contributed by atoms with van der Waals surface area (Å²) in [6, 6.07) is 11.4. The van der Waals surface area contributed by atoms with Gasteiger partial charge in [0, 0.05) is 30.8 Å². The first-order valence-corrected chi connectivity index (χ1v) is 7.02. The van der Waals surface area contributed by atoms with E-state index in [9.17, 15) is 8.78 Å². The molecule has 0 fully saturated rings. The van der Waals surface area contributed by atoms with Crippen molar-refractivity contribution in [3.63, 3.8) is 0 Å². The molecular formula is C17H17F2NO. The number of para-hydroxylation sites is 1. The second-order valence-electron chi connectivity index (χ2n) is 5.44. The van der Waals surface area contributed by atoms with Gasteiger partial charge in [-0.25, -0.2) is 8.78 Å². The molecule has 0 radical (unpaired) electrons. The van der Waals surface area contributed by atoms with Crippen LogP contribution in [0.3, 0.4) is 0 Å². The first-order valence-electron chi connectivity index (χ1n) is 7.02. The van der Waals surface area contributed by atoms with Gasteiger partial charge in [0.15, 0.2) is 0 Å². The summed E-state index contributed by atoms with van der Waals surface area (Å²) in [4.78, 5) is 2.08. The van der Waals surface area contributed by atoms with E-state index in [1.54, 1.807) is 0 Å². The summed E-state index contributed by atoms with van der Waals surface area (Å²) in [6.45, 7) is 3.68. The van der Waals surface area contributed by atoms with Crippen LogP contribution in [0.5, 0.6) is 5.75 Å². The van der Waals surface area contributed by atoms with Crippen molar-refractivity contribution in [3.05, 3.63) is 65.2 Å². The van der Waals surface area contributed by atoms with Crippen molar-refractivity contribution in [2.24, 2.45) is 0 Å². The predicted octanol–water partition coefficient (Wildman–Crippen LogP) is 3.75.